The molecule has 1 aromatic heterocycles. The maximum Gasteiger partial charge on any atom is 0.319 e. The third-order valence-corrected chi connectivity index (χ3v) is 3.31. The molecular weight excluding hydrogens is 220 g/mol. The number of carbonyl (C=O) groups is 2. The first kappa shape index (κ1) is 11.6. The minimum Gasteiger partial charge on any atom is -0.480 e. The molecule has 0 saturated heterocycles. The molecule has 0 spiro atoms. The minimum absolute atomic E-state index is 0.410. The van der Waals surface area contributed by atoms with Crippen LogP contribution in [-0.4, -0.2) is 22.0 Å². The summed E-state index contributed by atoms with van der Waals surface area (Å²) < 4.78 is 0. The number of carboxylic acids is 1. The van der Waals surface area contributed by atoms with Gasteiger partial charge in [0.05, 0.1) is 11.4 Å². The smallest absolute Gasteiger partial charge is 0.319 e. The Hall–Kier alpha value is -1.91. The summed E-state index contributed by atoms with van der Waals surface area (Å²) in [6.07, 6.45) is 3.23. The molecule has 17 heavy (non-hydrogen) atoms. The molecule has 1 amide bonds. The van der Waals surface area contributed by atoms with E-state index in [0.717, 1.165) is 6.42 Å². The number of aromatic nitrogens is 1. The van der Waals surface area contributed by atoms with Crippen molar-refractivity contribution < 1.29 is 14.7 Å². The summed E-state index contributed by atoms with van der Waals surface area (Å²) in [4.78, 5) is 27.2. The van der Waals surface area contributed by atoms with Crippen molar-refractivity contribution in [2.75, 3.05) is 5.32 Å². The molecule has 0 aliphatic heterocycles. The van der Waals surface area contributed by atoms with Crippen LogP contribution in [0.15, 0.2) is 18.3 Å². The van der Waals surface area contributed by atoms with Crippen LogP contribution in [0, 0.1) is 12.3 Å². The molecule has 1 fully saturated rings. The maximum atomic E-state index is 12.0. The molecular formula is C12H14N2O3. The normalized spacial score (nSPS) is 17.0. The molecule has 0 aromatic carbocycles. The van der Waals surface area contributed by atoms with Gasteiger partial charge in [-0.2, -0.15) is 0 Å². The van der Waals surface area contributed by atoms with Crippen LogP contribution in [0.2, 0.25) is 0 Å². The minimum atomic E-state index is -1.23. The van der Waals surface area contributed by atoms with Crippen molar-refractivity contribution in [1.29, 1.82) is 0 Å². The highest BCUT2D eigenvalue weighted by Gasteiger charge is 2.51. The number of pyridine rings is 1. The third-order valence-electron chi connectivity index (χ3n) is 3.31. The lowest BCUT2D eigenvalue weighted by Gasteiger charge is -2.35. The standard InChI is InChI=1S/C12H14N2O3/c1-8-9(4-2-7-13-8)14-10(15)12(11(16)17)5-3-6-12/h2,4,7H,3,5-6H2,1H3,(H,14,15)(H,16,17). The Morgan fingerprint density at radius 3 is 2.65 bits per heavy atom. The van der Waals surface area contributed by atoms with E-state index >= 15 is 0 Å². The van der Waals surface area contributed by atoms with Crippen LogP contribution in [0.3, 0.4) is 0 Å². The van der Waals surface area contributed by atoms with Crippen LogP contribution in [0.4, 0.5) is 5.69 Å². The average Bonchev–Trinajstić information content (AvgIpc) is 2.19. The second kappa shape index (κ2) is 4.16. The predicted molar refractivity (Wildman–Crippen MR) is 61.5 cm³/mol. The Bertz CT molecular complexity index is 467. The van der Waals surface area contributed by atoms with Crippen LogP contribution < -0.4 is 5.32 Å². The van der Waals surface area contributed by atoms with Gasteiger partial charge in [-0.05, 0) is 31.9 Å². The molecule has 1 saturated carbocycles. The summed E-state index contributed by atoms with van der Waals surface area (Å²) in [5.41, 5.74) is 0.0215. The molecule has 2 rings (SSSR count). The molecule has 1 aliphatic rings. The first-order valence-corrected chi connectivity index (χ1v) is 5.53. The van der Waals surface area contributed by atoms with Crippen molar-refractivity contribution in [3.8, 4) is 0 Å². The molecule has 1 aliphatic carbocycles. The zero-order valence-electron chi connectivity index (χ0n) is 9.56. The van der Waals surface area contributed by atoms with Crippen LogP contribution in [0.5, 0.6) is 0 Å². The summed E-state index contributed by atoms with van der Waals surface area (Å²) in [6.45, 7) is 1.77. The largest absolute Gasteiger partial charge is 0.480 e. The highest BCUT2D eigenvalue weighted by Crippen LogP contribution is 2.42. The number of anilines is 1. The number of hydrogen-bond donors (Lipinski definition) is 2. The predicted octanol–water partition coefficient (Wildman–Crippen LogP) is 1.58. The summed E-state index contributed by atoms with van der Waals surface area (Å²) in [7, 11) is 0. The molecule has 0 unspecified atom stereocenters. The Kier molecular flexibility index (Phi) is 2.83. The monoisotopic (exact) mass is 234 g/mol. The Morgan fingerprint density at radius 1 is 1.47 bits per heavy atom. The van der Waals surface area contributed by atoms with Crippen molar-refractivity contribution in [2.24, 2.45) is 5.41 Å². The van der Waals surface area contributed by atoms with E-state index in [-0.39, 0.29) is 0 Å². The number of aryl methyl sites for hydroxylation is 1. The molecule has 1 heterocycles. The van der Waals surface area contributed by atoms with Gasteiger partial charge in [-0.3, -0.25) is 14.6 Å². The molecule has 0 radical (unpaired) electrons. The van der Waals surface area contributed by atoms with Gasteiger partial charge in [0.15, 0.2) is 0 Å². The van der Waals surface area contributed by atoms with Crippen molar-refractivity contribution >= 4 is 17.6 Å². The van der Waals surface area contributed by atoms with E-state index in [4.69, 9.17) is 5.11 Å². The zero-order valence-corrected chi connectivity index (χ0v) is 9.56. The quantitative estimate of drug-likeness (QED) is 0.778. The van der Waals surface area contributed by atoms with Crippen molar-refractivity contribution in [3.63, 3.8) is 0 Å². The van der Waals surface area contributed by atoms with E-state index in [1.54, 1.807) is 25.3 Å². The van der Waals surface area contributed by atoms with Crippen LogP contribution in [-0.2, 0) is 9.59 Å². The highest BCUT2D eigenvalue weighted by atomic mass is 16.4. The molecule has 2 N–H and O–H groups in total. The molecule has 90 valence electrons. The SMILES string of the molecule is Cc1ncccc1NC(=O)C1(C(=O)O)CCC1. The maximum absolute atomic E-state index is 12.0. The molecule has 1 aromatic rings. The molecule has 0 bridgehead atoms. The number of carboxylic acid groups (broad SMARTS) is 1. The Balaban J connectivity index is 2.17. The van der Waals surface area contributed by atoms with Crippen LogP contribution in [0.25, 0.3) is 0 Å². The first-order chi connectivity index (χ1) is 8.06. The number of carbonyl (C=O) groups excluding carboxylic acids is 1. The zero-order chi connectivity index (χ0) is 12.5. The van der Waals surface area contributed by atoms with Crippen LogP contribution in [0.1, 0.15) is 25.0 Å². The van der Waals surface area contributed by atoms with E-state index in [9.17, 15) is 9.59 Å². The van der Waals surface area contributed by atoms with E-state index < -0.39 is 17.3 Å². The molecule has 5 heteroatoms. The fourth-order valence-corrected chi connectivity index (χ4v) is 1.93. The Morgan fingerprint density at radius 2 is 2.18 bits per heavy atom. The number of nitrogens with one attached hydrogen (secondary N) is 1. The summed E-state index contributed by atoms with van der Waals surface area (Å²) >= 11 is 0. The third kappa shape index (κ3) is 1.88. The van der Waals surface area contributed by atoms with Gasteiger partial charge in [0.2, 0.25) is 5.91 Å². The van der Waals surface area contributed by atoms with E-state index in [1.807, 2.05) is 0 Å². The Labute approximate surface area is 98.9 Å². The first-order valence-electron chi connectivity index (χ1n) is 5.53. The van der Waals surface area contributed by atoms with Crippen molar-refractivity contribution in [2.45, 2.75) is 26.2 Å². The van der Waals surface area contributed by atoms with Crippen molar-refractivity contribution in [3.05, 3.63) is 24.0 Å². The van der Waals surface area contributed by atoms with Crippen molar-refractivity contribution in [1.82, 2.24) is 4.98 Å². The summed E-state index contributed by atoms with van der Waals surface area (Å²) in [5, 5.41) is 11.8. The van der Waals surface area contributed by atoms with E-state index in [0.29, 0.717) is 24.2 Å². The van der Waals surface area contributed by atoms with E-state index in [2.05, 4.69) is 10.3 Å². The number of hydrogen-bond acceptors (Lipinski definition) is 3. The molecule has 0 atom stereocenters. The lowest BCUT2D eigenvalue weighted by atomic mass is 9.68. The summed E-state index contributed by atoms with van der Waals surface area (Å²) in [6, 6.07) is 3.42. The van der Waals surface area contributed by atoms with Crippen LogP contribution >= 0.6 is 0 Å². The number of aliphatic carboxylic acids is 1. The molecule has 5 nitrogen and oxygen atoms in total. The topological polar surface area (TPSA) is 79.3 Å². The lowest BCUT2D eigenvalue weighted by molar-refractivity contribution is -0.159. The van der Waals surface area contributed by atoms with Gasteiger partial charge in [-0.15, -0.1) is 0 Å². The number of nitrogens with zero attached hydrogens (tertiary/aromatic N) is 1. The van der Waals surface area contributed by atoms with Gasteiger partial charge in [0, 0.05) is 6.20 Å². The van der Waals surface area contributed by atoms with Gasteiger partial charge in [0.1, 0.15) is 5.41 Å². The second-order valence-corrected chi connectivity index (χ2v) is 4.33. The number of rotatable bonds is 3. The van der Waals surface area contributed by atoms with Gasteiger partial charge in [0.25, 0.3) is 0 Å². The second-order valence-electron chi connectivity index (χ2n) is 4.33. The van der Waals surface area contributed by atoms with E-state index in [1.165, 1.54) is 0 Å². The van der Waals surface area contributed by atoms with Gasteiger partial charge in [-0.25, -0.2) is 0 Å². The lowest BCUT2D eigenvalue weighted by Crippen LogP contribution is -2.48. The summed E-state index contributed by atoms with van der Waals surface area (Å²) in [5.74, 6) is -1.48. The average molecular weight is 234 g/mol. The fourth-order valence-electron chi connectivity index (χ4n) is 1.93. The highest BCUT2D eigenvalue weighted by molar-refractivity contribution is 6.09. The number of amides is 1. The van der Waals surface area contributed by atoms with Gasteiger partial charge < -0.3 is 10.4 Å². The van der Waals surface area contributed by atoms with Gasteiger partial charge in [-0.1, -0.05) is 6.42 Å². The fraction of sp³-hybridized carbons (Fsp3) is 0.417. The van der Waals surface area contributed by atoms with Gasteiger partial charge >= 0.3 is 5.97 Å².